The first-order valence-electron chi connectivity index (χ1n) is 21.0. The van der Waals surface area contributed by atoms with Crippen molar-refractivity contribution in [2.24, 2.45) is 0 Å². The molecule has 1 aliphatic carbocycles. The summed E-state index contributed by atoms with van der Waals surface area (Å²) >= 11 is 1.86. The van der Waals surface area contributed by atoms with Crippen molar-refractivity contribution in [3.63, 3.8) is 0 Å². The maximum Gasteiger partial charge on any atom is 0.0714 e. The van der Waals surface area contributed by atoms with Crippen molar-refractivity contribution in [2.45, 2.75) is 5.41 Å². The number of thiophene rings is 1. The number of nitrogens with zero attached hydrogens (tertiary/aromatic N) is 1. The van der Waals surface area contributed by atoms with Gasteiger partial charge in [-0.25, -0.2) is 0 Å². The minimum atomic E-state index is -0.513. The van der Waals surface area contributed by atoms with E-state index in [1.807, 2.05) is 11.3 Å². The van der Waals surface area contributed by atoms with Crippen LogP contribution in [0.25, 0.3) is 64.3 Å². The van der Waals surface area contributed by atoms with E-state index in [2.05, 4.69) is 241 Å². The maximum absolute atomic E-state index is 2.50. The molecule has 1 heterocycles. The number of hydrogen-bond acceptors (Lipinski definition) is 2. The van der Waals surface area contributed by atoms with Crippen molar-refractivity contribution in [3.8, 4) is 33.4 Å². The summed E-state index contributed by atoms with van der Waals surface area (Å²) in [6.07, 6.45) is 0. The van der Waals surface area contributed by atoms with E-state index in [9.17, 15) is 0 Å². The van der Waals surface area contributed by atoms with Gasteiger partial charge in [0, 0.05) is 31.5 Å². The van der Waals surface area contributed by atoms with Crippen molar-refractivity contribution >= 4 is 59.3 Å². The van der Waals surface area contributed by atoms with Crippen LogP contribution in [0.15, 0.2) is 237 Å². The molecule has 0 N–H and O–H groups in total. The Kier molecular flexibility index (Phi) is 8.33. The lowest BCUT2D eigenvalue weighted by atomic mass is 9.67. The summed E-state index contributed by atoms with van der Waals surface area (Å²) in [5.41, 5.74) is 15.3. The smallest absolute Gasteiger partial charge is 0.0714 e. The fourth-order valence-corrected chi connectivity index (χ4v) is 11.2. The average Bonchev–Trinajstić information content (AvgIpc) is 3.86. The van der Waals surface area contributed by atoms with E-state index >= 15 is 0 Å². The van der Waals surface area contributed by atoms with Gasteiger partial charge in [-0.3, -0.25) is 0 Å². The van der Waals surface area contributed by atoms with Gasteiger partial charge >= 0.3 is 0 Å². The van der Waals surface area contributed by atoms with E-state index in [4.69, 9.17) is 0 Å². The van der Waals surface area contributed by atoms with Gasteiger partial charge < -0.3 is 4.90 Å². The molecule has 0 saturated carbocycles. The molecule has 0 radical (unpaired) electrons. The molecule has 61 heavy (non-hydrogen) atoms. The second-order valence-corrected chi connectivity index (χ2v) is 17.1. The Morgan fingerprint density at radius 3 is 1.75 bits per heavy atom. The molecule has 10 aromatic carbocycles. The third kappa shape index (κ3) is 5.60. The number of hydrogen-bond donors (Lipinski definition) is 0. The zero-order valence-corrected chi connectivity index (χ0v) is 34.2. The van der Waals surface area contributed by atoms with Crippen LogP contribution in [0.4, 0.5) is 17.1 Å². The Morgan fingerprint density at radius 2 is 0.918 bits per heavy atom. The number of anilines is 3. The van der Waals surface area contributed by atoms with Crippen LogP contribution in [-0.2, 0) is 5.41 Å². The van der Waals surface area contributed by atoms with Gasteiger partial charge in [0.1, 0.15) is 0 Å². The lowest BCUT2D eigenvalue weighted by Gasteiger charge is -2.35. The van der Waals surface area contributed by atoms with Gasteiger partial charge in [-0.2, -0.15) is 0 Å². The highest BCUT2D eigenvalue weighted by Crippen LogP contribution is 2.57. The molecule has 0 unspecified atom stereocenters. The van der Waals surface area contributed by atoms with Gasteiger partial charge in [0.2, 0.25) is 0 Å². The third-order valence-electron chi connectivity index (χ3n) is 12.7. The maximum atomic E-state index is 2.50. The molecule has 11 aromatic rings. The number of benzene rings is 10. The molecule has 2 heteroatoms. The minimum absolute atomic E-state index is 0.513. The van der Waals surface area contributed by atoms with Crippen molar-refractivity contribution < 1.29 is 0 Å². The van der Waals surface area contributed by atoms with E-state index in [1.54, 1.807) is 0 Å². The van der Waals surface area contributed by atoms with E-state index in [0.29, 0.717) is 0 Å². The summed E-state index contributed by atoms with van der Waals surface area (Å²) in [6, 6.07) is 87.4. The van der Waals surface area contributed by atoms with E-state index in [-0.39, 0.29) is 0 Å². The van der Waals surface area contributed by atoms with Crippen LogP contribution in [0, 0.1) is 0 Å². The van der Waals surface area contributed by atoms with Gasteiger partial charge in [-0.15, -0.1) is 11.3 Å². The molecular weight excluding hydrogens is 755 g/mol. The molecule has 0 amide bonds. The molecule has 0 saturated heterocycles. The normalized spacial score (nSPS) is 12.7. The largest absolute Gasteiger partial charge is 0.310 e. The van der Waals surface area contributed by atoms with Crippen LogP contribution in [0.5, 0.6) is 0 Å². The van der Waals surface area contributed by atoms with Crippen LogP contribution in [0.3, 0.4) is 0 Å². The van der Waals surface area contributed by atoms with Gasteiger partial charge in [0.25, 0.3) is 0 Å². The molecular formula is C59H39NS. The van der Waals surface area contributed by atoms with Crippen LogP contribution in [-0.4, -0.2) is 0 Å². The topological polar surface area (TPSA) is 3.24 Å². The third-order valence-corrected chi connectivity index (χ3v) is 13.9. The zero-order chi connectivity index (χ0) is 40.3. The Labute approximate surface area is 360 Å². The molecule has 1 aromatic heterocycles. The Balaban J connectivity index is 1.10. The molecule has 1 nitrogen and oxygen atoms in total. The highest BCUT2D eigenvalue weighted by molar-refractivity contribution is 7.26. The predicted octanol–water partition coefficient (Wildman–Crippen LogP) is 16.4. The first-order chi connectivity index (χ1) is 30.3. The molecule has 1 aliphatic rings. The lowest BCUT2D eigenvalue weighted by Crippen LogP contribution is -2.28. The standard InChI is InChI=1S/C59H39NS/c1-3-22-44(23-4-1)59(45-24-5-2-6-25-45)53-31-11-9-28-50(53)51-36-35-47(39-54(51)59)60(55-32-16-34-57-58(55)52-29-10-12-33-56(52)61-57)46-26-14-20-42(38-46)41-19-13-21-43(37-41)49-30-15-18-40-17-7-8-27-48(40)49/h1-39H. The minimum Gasteiger partial charge on any atom is -0.310 e. The van der Waals surface area contributed by atoms with Crippen LogP contribution < -0.4 is 4.90 Å². The van der Waals surface area contributed by atoms with E-state index < -0.39 is 5.41 Å². The molecule has 0 aliphatic heterocycles. The Hall–Kier alpha value is -7.52. The van der Waals surface area contributed by atoms with Crippen LogP contribution in [0.2, 0.25) is 0 Å². The van der Waals surface area contributed by atoms with Crippen molar-refractivity contribution in [1.82, 2.24) is 0 Å². The molecule has 0 fully saturated rings. The lowest BCUT2D eigenvalue weighted by molar-refractivity contribution is 0.768. The van der Waals surface area contributed by atoms with Crippen LogP contribution in [0.1, 0.15) is 22.3 Å². The molecule has 0 bridgehead atoms. The highest BCUT2D eigenvalue weighted by Gasteiger charge is 2.46. The fraction of sp³-hybridized carbons (Fsp3) is 0.0169. The van der Waals surface area contributed by atoms with E-state index in [1.165, 1.54) is 86.6 Å². The van der Waals surface area contributed by atoms with Gasteiger partial charge in [0.05, 0.1) is 11.1 Å². The van der Waals surface area contributed by atoms with Gasteiger partial charge in [-0.05, 0) is 115 Å². The van der Waals surface area contributed by atoms with Crippen molar-refractivity contribution in [1.29, 1.82) is 0 Å². The first-order valence-corrected chi connectivity index (χ1v) is 21.8. The summed E-state index contributed by atoms with van der Waals surface area (Å²) < 4.78 is 2.57. The monoisotopic (exact) mass is 793 g/mol. The summed E-state index contributed by atoms with van der Waals surface area (Å²) in [4.78, 5) is 2.50. The Bertz CT molecular complexity index is 3390. The molecule has 0 spiro atoms. The highest BCUT2D eigenvalue weighted by atomic mass is 32.1. The van der Waals surface area contributed by atoms with Crippen molar-refractivity contribution in [3.05, 3.63) is 259 Å². The quantitative estimate of drug-likeness (QED) is 0.155. The van der Waals surface area contributed by atoms with Crippen molar-refractivity contribution in [2.75, 3.05) is 4.90 Å². The van der Waals surface area contributed by atoms with Gasteiger partial charge in [-0.1, -0.05) is 188 Å². The second kappa shape index (κ2) is 14.3. The molecule has 0 atom stereocenters. The summed E-state index contributed by atoms with van der Waals surface area (Å²) in [7, 11) is 0. The van der Waals surface area contributed by atoms with Gasteiger partial charge in [0.15, 0.2) is 0 Å². The summed E-state index contributed by atoms with van der Waals surface area (Å²) in [6.45, 7) is 0. The fourth-order valence-electron chi connectivity index (χ4n) is 10.1. The summed E-state index contributed by atoms with van der Waals surface area (Å²) in [5, 5.41) is 5.06. The Morgan fingerprint density at radius 1 is 0.344 bits per heavy atom. The number of rotatable bonds is 7. The average molecular weight is 794 g/mol. The van der Waals surface area contributed by atoms with E-state index in [0.717, 1.165) is 17.1 Å². The SMILES string of the molecule is c1ccc(C2(c3ccccc3)c3ccccc3-c3ccc(N(c4cccc(-c5cccc(-c6cccc7ccccc67)c5)c4)c4cccc5sc6ccccc6c45)cc32)cc1. The summed E-state index contributed by atoms with van der Waals surface area (Å²) in [5.74, 6) is 0. The van der Waals surface area contributed by atoms with Crippen LogP contribution >= 0.6 is 11.3 Å². The number of fused-ring (bicyclic) bond motifs is 7. The second-order valence-electron chi connectivity index (χ2n) is 16.0. The zero-order valence-electron chi connectivity index (χ0n) is 33.4. The first kappa shape index (κ1) is 35.4. The molecule has 286 valence electrons. The predicted molar refractivity (Wildman–Crippen MR) is 260 cm³/mol. The molecule has 12 rings (SSSR count).